The van der Waals surface area contributed by atoms with Gasteiger partial charge in [0, 0.05) is 12.2 Å². The maximum absolute atomic E-state index is 13.1. The first-order valence-electron chi connectivity index (χ1n) is 10.8. The molecule has 5 atom stereocenters. The summed E-state index contributed by atoms with van der Waals surface area (Å²) in [6.07, 6.45) is -1.17. The summed E-state index contributed by atoms with van der Waals surface area (Å²) in [6.45, 7) is 4.92. The van der Waals surface area contributed by atoms with E-state index in [0.717, 1.165) is 0 Å². The van der Waals surface area contributed by atoms with Gasteiger partial charge in [0.05, 0.1) is 12.1 Å². The van der Waals surface area contributed by atoms with E-state index in [0.29, 0.717) is 5.56 Å². The zero-order chi connectivity index (χ0) is 26.0. The fraction of sp³-hybridized carbons (Fsp3) is 0.545. The molecule has 1 aromatic carbocycles. The number of carbonyl (C=O) groups is 4. The largest absolute Gasteiger partial charge is 0.508 e. The number of phenols is 1. The molecule has 190 valence electrons. The highest BCUT2D eigenvalue weighted by atomic mass is 32.1. The van der Waals surface area contributed by atoms with Gasteiger partial charge in [0.2, 0.25) is 17.7 Å². The second-order valence-corrected chi connectivity index (χ2v) is 8.84. The highest BCUT2D eigenvalue weighted by Crippen LogP contribution is 2.13. The van der Waals surface area contributed by atoms with Gasteiger partial charge in [-0.3, -0.25) is 14.4 Å². The van der Waals surface area contributed by atoms with Crippen LogP contribution in [0.2, 0.25) is 0 Å². The number of phenolic OH excluding ortho intramolecular Hbond substituents is 1. The summed E-state index contributed by atoms with van der Waals surface area (Å²) >= 11 is 3.98. The van der Waals surface area contributed by atoms with Crippen molar-refractivity contribution in [2.75, 3.05) is 5.75 Å². The third-order valence-electron chi connectivity index (χ3n) is 4.93. The van der Waals surface area contributed by atoms with Crippen molar-refractivity contribution in [1.29, 1.82) is 0 Å². The van der Waals surface area contributed by atoms with Crippen LogP contribution in [0.1, 0.15) is 32.8 Å². The Labute approximate surface area is 203 Å². The first-order chi connectivity index (χ1) is 15.8. The van der Waals surface area contributed by atoms with Crippen LogP contribution in [0, 0.1) is 5.92 Å². The van der Waals surface area contributed by atoms with E-state index in [1.54, 1.807) is 12.1 Å². The van der Waals surface area contributed by atoms with Gasteiger partial charge in [-0.25, -0.2) is 4.79 Å². The molecule has 1 aromatic rings. The van der Waals surface area contributed by atoms with Crippen LogP contribution in [0.5, 0.6) is 5.75 Å². The zero-order valence-corrected chi connectivity index (χ0v) is 20.3. The normalized spacial score (nSPS) is 15.5. The number of nitrogens with two attached hydrogens (primary N) is 1. The number of aliphatic hydroxyl groups is 1. The summed E-state index contributed by atoms with van der Waals surface area (Å²) in [7, 11) is 0. The molecule has 0 aliphatic heterocycles. The number of aliphatic carboxylic acids is 1. The first kappa shape index (κ1) is 29.2. The predicted molar refractivity (Wildman–Crippen MR) is 128 cm³/mol. The molecule has 34 heavy (non-hydrogen) atoms. The van der Waals surface area contributed by atoms with Gasteiger partial charge in [-0.1, -0.05) is 26.0 Å². The minimum atomic E-state index is -1.59. The van der Waals surface area contributed by atoms with E-state index in [1.807, 2.05) is 13.8 Å². The number of thiol groups is 1. The first-order valence-corrected chi connectivity index (χ1v) is 11.4. The van der Waals surface area contributed by atoms with E-state index in [-0.39, 0.29) is 30.3 Å². The van der Waals surface area contributed by atoms with E-state index < -0.39 is 54.0 Å². The standard InChI is InChI=1S/C22H34N4O7S/c1-11(2)8-16(24-19(29)15(23)10-34)20(30)25-17(9-13-4-6-14(28)7-5-13)21(31)26-18(12(3)27)22(32)33/h4-7,11-12,15-18,27-28,34H,8-10,23H2,1-3H3,(H,24,29)(H,25,30)(H,26,31)(H,32,33). The summed E-state index contributed by atoms with van der Waals surface area (Å²) in [6, 6.07) is 1.15. The molecular weight excluding hydrogens is 464 g/mol. The van der Waals surface area contributed by atoms with Crippen LogP contribution in [0.15, 0.2) is 24.3 Å². The number of aromatic hydroxyl groups is 1. The SMILES string of the molecule is CC(C)CC(NC(=O)C(N)CS)C(=O)NC(Cc1ccc(O)cc1)C(=O)NC(C(=O)O)C(C)O. The van der Waals surface area contributed by atoms with Gasteiger partial charge >= 0.3 is 5.97 Å². The summed E-state index contributed by atoms with van der Waals surface area (Å²) in [5.74, 6) is -3.41. The lowest BCUT2D eigenvalue weighted by Gasteiger charge is -2.26. The number of hydrogen-bond acceptors (Lipinski definition) is 8. The molecule has 0 radical (unpaired) electrons. The molecule has 0 spiro atoms. The average molecular weight is 499 g/mol. The average Bonchev–Trinajstić information content (AvgIpc) is 2.76. The van der Waals surface area contributed by atoms with Crippen molar-refractivity contribution in [1.82, 2.24) is 16.0 Å². The number of hydrogen-bond donors (Lipinski definition) is 8. The summed E-state index contributed by atoms with van der Waals surface area (Å²) in [5.41, 5.74) is 6.26. The number of rotatable bonds is 13. The molecule has 0 heterocycles. The minimum Gasteiger partial charge on any atom is -0.508 e. The highest BCUT2D eigenvalue weighted by Gasteiger charge is 2.32. The van der Waals surface area contributed by atoms with Crippen LogP contribution < -0.4 is 21.7 Å². The van der Waals surface area contributed by atoms with Gasteiger partial charge in [0.1, 0.15) is 17.8 Å². The van der Waals surface area contributed by atoms with Crippen molar-refractivity contribution < 1.29 is 34.5 Å². The quantitative estimate of drug-likeness (QED) is 0.161. The van der Waals surface area contributed by atoms with E-state index >= 15 is 0 Å². The maximum atomic E-state index is 13.1. The van der Waals surface area contributed by atoms with Gasteiger partial charge in [0.15, 0.2) is 6.04 Å². The van der Waals surface area contributed by atoms with Crippen molar-refractivity contribution in [3.63, 3.8) is 0 Å². The van der Waals surface area contributed by atoms with Crippen molar-refractivity contribution in [3.05, 3.63) is 29.8 Å². The molecular formula is C22H34N4O7S. The lowest BCUT2D eigenvalue weighted by Crippen LogP contribution is -2.59. The number of aliphatic hydroxyl groups excluding tert-OH is 1. The predicted octanol–water partition coefficient (Wildman–Crippen LogP) is -0.842. The van der Waals surface area contributed by atoms with E-state index in [1.165, 1.54) is 19.1 Å². The molecule has 0 fully saturated rings. The third kappa shape index (κ3) is 9.57. The van der Waals surface area contributed by atoms with E-state index in [9.17, 15) is 34.5 Å². The molecule has 0 aromatic heterocycles. The van der Waals surface area contributed by atoms with E-state index in [2.05, 4.69) is 28.6 Å². The summed E-state index contributed by atoms with van der Waals surface area (Å²) in [5, 5.41) is 35.8. The van der Waals surface area contributed by atoms with Crippen LogP contribution >= 0.6 is 12.6 Å². The van der Waals surface area contributed by atoms with Crippen molar-refractivity contribution in [2.24, 2.45) is 11.7 Å². The van der Waals surface area contributed by atoms with Crippen LogP contribution in [0.25, 0.3) is 0 Å². The Hall–Kier alpha value is -2.83. The Balaban J connectivity index is 3.15. The monoisotopic (exact) mass is 498 g/mol. The molecule has 0 saturated carbocycles. The van der Waals surface area contributed by atoms with Crippen molar-refractivity contribution >= 4 is 36.3 Å². The number of amides is 3. The Morgan fingerprint density at radius 2 is 1.47 bits per heavy atom. The number of carboxylic acid groups (broad SMARTS) is 1. The number of benzene rings is 1. The van der Waals surface area contributed by atoms with Crippen LogP contribution in [0.4, 0.5) is 0 Å². The lowest BCUT2D eigenvalue weighted by molar-refractivity contribution is -0.145. The van der Waals surface area contributed by atoms with Crippen LogP contribution in [-0.4, -0.2) is 75.0 Å². The highest BCUT2D eigenvalue weighted by molar-refractivity contribution is 7.80. The van der Waals surface area contributed by atoms with E-state index in [4.69, 9.17) is 5.73 Å². The van der Waals surface area contributed by atoms with Crippen LogP contribution in [-0.2, 0) is 25.6 Å². The summed E-state index contributed by atoms with van der Waals surface area (Å²) in [4.78, 5) is 49.6. The van der Waals surface area contributed by atoms with Gasteiger partial charge in [-0.05, 0) is 37.0 Å². The smallest absolute Gasteiger partial charge is 0.328 e. The molecule has 11 nitrogen and oxygen atoms in total. The third-order valence-corrected chi connectivity index (χ3v) is 5.32. The number of nitrogens with one attached hydrogen (secondary N) is 3. The maximum Gasteiger partial charge on any atom is 0.328 e. The fourth-order valence-corrected chi connectivity index (χ4v) is 3.22. The van der Waals surface area contributed by atoms with Gasteiger partial charge in [0.25, 0.3) is 0 Å². The molecule has 5 unspecified atom stereocenters. The topological polar surface area (TPSA) is 191 Å². The Kier molecular flexibility index (Phi) is 11.8. The lowest BCUT2D eigenvalue weighted by atomic mass is 10.0. The molecule has 0 aliphatic rings. The zero-order valence-electron chi connectivity index (χ0n) is 19.4. The number of carbonyl (C=O) groups excluding carboxylic acids is 3. The molecule has 12 heteroatoms. The van der Waals surface area contributed by atoms with Crippen molar-refractivity contribution in [2.45, 2.75) is 63.9 Å². The molecule has 0 aliphatic carbocycles. The fourth-order valence-electron chi connectivity index (χ4n) is 3.06. The summed E-state index contributed by atoms with van der Waals surface area (Å²) < 4.78 is 0. The van der Waals surface area contributed by atoms with Gasteiger partial charge < -0.3 is 37.0 Å². The Morgan fingerprint density at radius 3 is 1.94 bits per heavy atom. The van der Waals surface area contributed by atoms with Crippen LogP contribution in [0.3, 0.4) is 0 Å². The molecule has 1 rings (SSSR count). The second kappa shape index (κ2) is 13.8. The second-order valence-electron chi connectivity index (χ2n) is 8.48. The molecule has 3 amide bonds. The van der Waals surface area contributed by atoms with Gasteiger partial charge in [-0.15, -0.1) is 0 Å². The van der Waals surface area contributed by atoms with Gasteiger partial charge in [-0.2, -0.15) is 12.6 Å². The Morgan fingerprint density at radius 1 is 0.941 bits per heavy atom. The molecule has 8 N–H and O–H groups in total. The number of carboxylic acids is 1. The molecule has 0 saturated heterocycles. The Bertz CT molecular complexity index is 848. The molecule has 0 bridgehead atoms. The van der Waals surface area contributed by atoms with Crippen molar-refractivity contribution in [3.8, 4) is 5.75 Å². The minimum absolute atomic E-state index is 0.00840.